The lowest BCUT2D eigenvalue weighted by Gasteiger charge is -2.30. The number of nitrogens with zero attached hydrogens (tertiary/aromatic N) is 2. The summed E-state index contributed by atoms with van der Waals surface area (Å²) in [4.78, 5) is 14.6. The van der Waals surface area contributed by atoms with Crippen molar-refractivity contribution in [2.75, 3.05) is 36.5 Å². The number of benzene rings is 1. The molecule has 2 heterocycles. The van der Waals surface area contributed by atoms with E-state index in [0.29, 0.717) is 26.1 Å². The number of amides is 1. The zero-order chi connectivity index (χ0) is 16.9. The molecule has 0 bridgehead atoms. The maximum atomic E-state index is 12.4. The molecule has 0 unspecified atom stereocenters. The Labute approximate surface area is 141 Å². The van der Waals surface area contributed by atoms with Crippen LogP contribution in [0.1, 0.15) is 23.4 Å². The largest absolute Gasteiger partial charge is 0.378 e. The molecule has 0 aliphatic carbocycles. The van der Waals surface area contributed by atoms with E-state index in [-0.39, 0.29) is 5.91 Å². The maximum Gasteiger partial charge on any atom is 0.224 e. The average molecular weight is 329 g/mol. The van der Waals surface area contributed by atoms with E-state index < -0.39 is 0 Å². The van der Waals surface area contributed by atoms with Gasteiger partial charge in [0.25, 0.3) is 0 Å². The molecule has 3 rings (SSSR count). The van der Waals surface area contributed by atoms with Gasteiger partial charge in [0.05, 0.1) is 30.3 Å². The summed E-state index contributed by atoms with van der Waals surface area (Å²) in [7, 11) is 0. The zero-order valence-electron chi connectivity index (χ0n) is 14.2. The summed E-state index contributed by atoms with van der Waals surface area (Å²) >= 11 is 0. The molecule has 1 aromatic carbocycles. The average Bonchev–Trinajstić information content (AvgIpc) is 2.92. The highest BCUT2D eigenvalue weighted by Crippen LogP contribution is 2.26. The van der Waals surface area contributed by atoms with Crippen LogP contribution in [-0.2, 0) is 16.0 Å². The van der Waals surface area contributed by atoms with E-state index in [1.807, 2.05) is 38.1 Å². The molecule has 24 heavy (non-hydrogen) atoms. The van der Waals surface area contributed by atoms with Crippen LogP contribution in [0.25, 0.3) is 0 Å². The third kappa shape index (κ3) is 3.76. The first-order valence-electron chi connectivity index (χ1n) is 8.28. The normalized spacial score (nSPS) is 14.7. The van der Waals surface area contributed by atoms with Crippen molar-refractivity contribution >= 4 is 17.3 Å². The van der Waals surface area contributed by atoms with E-state index in [9.17, 15) is 4.79 Å². The molecular formula is C18H23N3O3. The van der Waals surface area contributed by atoms with Gasteiger partial charge in [0.15, 0.2) is 0 Å². The number of carbonyl (C=O) groups excluding carboxylic acids is 1. The predicted octanol–water partition coefficient (Wildman–Crippen LogP) is 2.70. The second-order valence-corrected chi connectivity index (χ2v) is 5.97. The molecule has 1 N–H and O–H groups in total. The topological polar surface area (TPSA) is 67.6 Å². The number of para-hydroxylation sites is 2. The lowest BCUT2D eigenvalue weighted by atomic mass is 10.1. The molecule has 128 valence electrons. The number of aromatic nitrogens is 1. The van der Waals surface area contributed by atoms with Gasteiger partial charge in [-0.25, -0.2) is 0 Å². The Kier molecular flexibility index (Phi) is 5.15. The third-order valence-electron chi connectivity index (χ3n) is 4.31. The smallest absolute Gasteiger partial charge is 0.224 e. The second-order valence-electron chi connectivity index (χ2n) is 5.97. The van der Waals surface area contributed by atoms with Crippen LogP contribution in [0, 0.1) is 13.8 Å². The Bertz CT molecular complexity index is 686. The van der Waals surface area contributed by atoms with Gasteiger partial charge in [-0.05, 0) is 32.4 Å². The summed E-state index contributed by atoms with van der Waals surface area (Å²) in [5, 5.41) is 6.96. The lowest BCUT2D eigenvalue weighted by molar-refractivity contribution is -0.116. The number of morpholine rings is 1. The Morgan fingerprint density at radius 3 is 2.71 bits per heavy atom. The van der Waals surface area contributed by atoms with Crippen molar-refractivity contribution in [1.29, 1.82) is 0 Å². The SMILES string of the molecule is Cc1noc(C)c1CCC(=O)Nc1ccccc1N1CCOCC1. The fourth-order valence-electron chi connectivity index (χ4n) is 2.97. The number of aryl methyl sites for hydroxylation is 2. The van der Waals surface area contributed by atoms with Gasteiger partial charge in [-0.15, -0.1) is 0 Å². The third-order valence-corrected chi connectivity index (χ3v) is 4.31. The lowest BCUT2D eigenvalue weighted by Crippen LogP contribution is -2.36. The molecule has 0 radical (unpaired) electrons. The molecule has 0 atom stereocenters. The van der Waals surface area contributed by atoms with Gasteiger partial charge in [0.2, 0.25) is 5.91 Å². The summed E-state index contributed by atoms with van der Waals surface area (Å²) in [6.45, 7) is 6.89. The minimum Gasteiger partial charge on any atom is -0.378 e. The van der Waals surface area contributed by atoms with Crippen molar-refractivity contribution in [2.45, 2.75) is 26.7 Å². The van der Waals surface area contributed by atoms with Gasteiger partial charge >= 0.3 is 0 Å². The van der Waals surface area contributed by atoms with E-state index >= 15 is 0 Å². The second kappa shape index (κ2) is 7.49. The first-order chi connectivity index (χ1) is 11.6. The molecule has 1 saturated heterocycles. The van der Waals surface area contributed by atoms with Crippen LogP contribution >= 0.6 is 0 Å². The highest BCUT2D eigenvalue weighted by molar-refractivity contribution is 5.94. The Hall–Kier alpha value is -2.34. The van der Waals surface area contributed by atoms with Gasteiger partial charge in [0, 0.05) is 25.1 Å². The predicted molar refractivity (Wildman–Crippen MR) is 92.4 cm³/mol. The van der Waals surface area contributed by atoms with Crippen LogP contribution in [-0.4, -0.2) is 37.4 Å². The van der Waals surface area contributed by atoms with Gasteiger partial charge in [-0.3, -0.25) is 4.79 Å². The van der Waals surface area contributed by atoms with E-state index in [1.165, 1.54) is 0 Å². The highest BCUT2D eigenvalue weighted by atomic mass is 16.5. The van der Waals surface area contributed by atoms with E-state index in [4.69, 9.17) is 9.26 Å². The van der Waals surface area contributed by atoms with Crippen molar-refractivity contribution in [3.05, 3.63) is 41.3 Å². The number of hydrogen-bond donors (Lipinski definition) is 1. The van der Waals surface area contributed by atoms with E-state index in [2.05, 4.69) is 15.4 Å². The van der Waals surface area contributed by atoms with Crippen LogP contribution in [0.15, 0.2) is 28.8 Å². The van der Waals surface area contributed by atoms with Crippen molar-refractivity contribution < 1.29 is 14.1 Å². The fourth-order valence-corrected chi connectivity index (χ4v) is 2.97. The summed E-state index contributed by atoms with van der Waals surface area (Å²) in [6.07, 6.45) is 1.03. The number of carbonyl (C=O) groups is 1. The van der Waals surface area contributed by atoms with Gasteiger partial charge in [-0.1, -0.05) is 17.3 Å². The van der Waals surface area contributed by atoms with Crippen LogP contribution in [0.3, 0.4) is 0 Å². The molecule has 1 amide bonds. The van der Waals surface area contributed by atoms with Crippen molar-refractivity contribution in [2.24, 2.45) is 0 Å². The molecule has 2 aromatic rings. The molecule has 0 spiro atoms. The molecule has 6 nitrogen and oxygen atoms in total. The molecule has 0 saturated carbocycles. The summed E-state index contributed by atoms with van der Waals surface area (Å²) < 4.78 is 10.5. The molecule has 6 heteroatoms. The Morgan fingerprint density at radius 2 is 2.00 bits per heavy atom. The van der Waals surface area contributed by atoms with Crippen molar-refractivity contribution in [1.82, 2.24) is 5.16 Å². The van der Waals surface area contributed by atoms with Crippen LogP contribution < -0.4 is 10.2 Å². The summed E-state index contributed by atoms with van der Waals surface area (Å²) in [5.74, 6) is 0.782. The quantitative estimate of drug-likeness (QED) is 0.913. The number of nitrogens with one attached hydrogen (secondary N) is 1. The van der Waals surface area contributed by atoms with Crippen LogP contribution in [0.4, 0.5) is 11.4 Å². The molecule has 1 fully saturated rings. The minimum atomic E-state index is -0.00397. The number of hydrogen-bond acceptors (Lipinski definition) is 5. The molecule has 1 aliphatic rings. The zero-order valence-corrected chi connectivity index (χ0v) is 14.2. The molecular weight excluding hydrogens is 306 g/mol. The Morgan fingerprint density at radius 1 is 1.25 bits per heavy atom. The maximum absolute atomic E-state index is 12.4. The molecule has 1 aliphatic heterocycles. The highest BCUT2D eigenvalue weighted by Gasteiger charge is 2.16. The van der Waals surface area contributed by atoms with Crippen LogP contribution in [0.2, 0.25) is 0 Å². The Balaban J connectivity index is 1.64. The number of rotatable bonds is 5. The van der Waals surface area contributed by atoms with Crippen LogP contribution in [0.5, 0.6) is 0 Å². The minimum absolute atomic E-state index is 0.00397. The first kappa shape index (κ1) is 16.5. The van der Waals surface area contributed by atoms with Gasteiger partial charge < -0.3 is 19.5 Å². The number of anilines is 2. The fraction of sp³-hybridized carbons (Fsp3) is 0.444. The van der Waals surface area contributed by atoms with E-state index in [1.54, 1.807) is 0 Å². The number of ether oxygens (including phenoxy) is 1. The summed E-state index contributed by atoms with van der Waals surface area (Å²) in [6, 6.07) is 7.91. The van der Waals surface area contributed by atoms with Gasteiger partial charge in [0.1, 0.15) is 5.76 Å². The monoisotopic (exact) mass is 329 g/mol. The van der Waals surface area contributed by atoms with E-state index in [0.717, 1.165) is 41.5 Å². The summed E-state index contributed by atoms with van der Waals surface area (Å²) in [5.41, 5.74) is 3.77. The van der Waals surface area contributed by atoms with Crippen molar-refractivity contribution in [3.63, 3.8) is 0 Å². The first-order valence-corrected chi connectivity index (χ1v) is 8.28. The standard InChI is InChI=1S/C18H23N3O3/c1-13-15(14(2)24-20-13)7-8-18(22)19-16-5-3-4-6-17(16)21-9-11-23-12-10-21/h3-6H,7-12H2,1-2H3,(H,19,22). The molecule has 1 aromatic heterocycles. The van der Waals surface area contributed by atoms with Gasteiger partial charge in [-0.2, -0.15) is 0 Å². The van der Waals surface area contributed by atoms with Crippen molar-refractivity contribution in [3.8, 4) is 0 Å².